The molecule has 128 valence electrons. The van der Waals surface area contributed by atoms with Crippen LogP contribution < -0.4 is 10.4 Å². The topological polar surface area (TPSA) is 99.2 Å². The van der Waals surface area contributed by atoms with Gasteiger partial charge in [0.05, 0.1) is 24.4 Å². The number of tetrazole rings is 1. The van der Waals surface area contributed by atoms with Gasteiger partial charge >= 0.3 is 11.7 Å². The zero-order valence-corrected chi connectivity index (χ0v) is 13.8. The summed E-state index contributed by atoms with van der Waals surface area (Å²) in [5.74, 6) is -0.887. The lowest BCUT2D eigenvalue weighted by Crippen LogP contribution is -2.25. The predicted octanol–water partition coefficient (Wildman–Crippen LogP) is 1.84. The number of nitrogens with zero attached hydrogens (tertiary/aromatic N) is 4. The standard InChI is InChI=1S/C16H13ClN4O4/c1-25-14-8-10(6-7-11(14)15(22)23)9-20-16(24)21(19-18-20)13-5-3-2-4-12(13)17/h2-8H,9H2,1H3,(H,22,23). The first-order valence-electron chi connectivity index (χ1n) is 7.19. The van der Waals surface area contributed by atoms with Crippen LogP contribution in [0.3, 0.4) is 0 Å². The maximum atomic E-state index is 12.5. The number of carbonyl (C=O) groups is 1. The lowest BCUT2D eigenvalue weighted by molar-refractivity contribution is 0.0693. The second-order valence-electron chi connectivity index (χ2n) is 5.12. The Morgan fingerprint density at radius 3 is 2.68 bits per heavy atom. The molecule has 1 heterocycles. The number of para-hydroxylation sites is 1. The van der Waals surface area contributed by atoms with Gasteiger partial charge in [0.25, 0.3) is 0 Å². The van der Waals surface area contributed by atoms with E-state index in [4.69, 9.17) is 21.4 Å². The number of methoxy groups -OCH3 is 1. The Morgan fingerprint density at radius 2 is 2.00 bits per heavy atom. The summed E-state index contributed by atoms with van der Waals surface area (Å²) in [6, 6.07) is 11.3. The molecule has 0 amide bonds. The maximum Gasteiger partial charge on any atom is 0.368 e. The van der Waals surface area contributed by atoms with Crippen molar-refractivity contribution in [3.05, 3.63) is 69.1 Å². The van der Waals surface area contributed by atoms with Crippen molar-refractivity contribution in [3.63, 3.8) is 0 Å². The third-order valence-corrected chi connectivity index (χ3v) is 3.87. The molecule has 8 nitrogen and oxygen atoms in total. The van der Waals surface area contributed by atoms with Crippen LogP contribution in [0.5, 0.6) is 5.75 Å². The summed E-state index contributed by atoms with van der Waals surface area (Å²) in [5.41, 5.74) is 0.655. The number of ether oxygens (including phenoxy) is 1. The number of carboxylic acids is 1. The van der Waals surface area contributed by atoms with Crippen LogP contribution in [0.25, 0.3) is 5.69 Å². The molecular formula is C16H13ClN4O4. The monoisotopic (exact) mass is 360 g/mol. The van der Waals surface area contributed by atoms with E-state index in [0.717, 1.165) is 9.36 Å². The molecule has 0 radical (unpaired) electrons. The van der Waals surface area contributed by atoms with Crippen LogP contribution >= 0.6 is 11.6 Å². The lowest BCUT2D eigenvalue weighted by atomic mass is 10.1. The number of carboxylic acid groups (broad SMARTS) is 1. The Balaban J connectivity index is 1.94. The molecular weight excluding hydrogens is 348 g/mol. The first-order valence-corrected chi connectivity index (χ1v) is 7.57. The van der Waals surface area contributed by atoms with Gasteiger partial charge in [-0.2, -0.15) is 9.36 Å². The van der Waals surface area contributed by atoms with Crippen LogP contribution in [0, 0.1) is 0 Å². The van der Waals surface area contributed by atoms with Crippen molar-refractivity contribution in [2.45, 2.75) is 6.54 Å². The van der Waals surface area contributed by atoms with Crippen LogP contribution in [-0.4, -0.2) is 38.0 Å². The minimum Gasteiger partial charge on any atom is -0.496 e. The lowest BCUT2D eigenvalue weighted by Gasteiger charge is -2.07. The molecule has 0 aliphatic heterocycles. The van der Waals surface area contributed by atoms with Crippen molar-refractivity contribution in [3.8, 4) is 11.4 Å². The smallest absolute Gasteiger partial charge is 0.368 e. The van der Waals surface area contributed by atoms with Crippen molar-refractivity contribution < 1.29 is 14.6 Å². The largest absolute Gasteiger partial charge is 0.496 e. The van der Waals surface area contributed by atoms with E-state index in [2.05, 4.69) is 10.4 Å². The molecule has 9 heteroatoms. The fraction of sp³-hybridized carbons (Fsp3) is 0.125. The molecule has 1 aromatic heterocycles. The van der Waals surface area contributed by atoms with Gasteiger partial charge in [0.15, 0.2) is 0 Å². The number of aromatic carboxylic acids is 1. The second-order valence-corrected chi connectivity index (χ2v) is 5.53. The fourth-order valence-electron chi connectivity index (χ4n) is 2.33. The van der Waals surface area contributed by atoms with E-state index in [0.29, 0.717) is 16.3 Å². The highest BCUT2D eigenvalue weighted by atomic mass is 35.5. The first kappa shape index (κ1) is 16.7. The highest BCUT2D eigenvalue weighted by Crippen LogP contribution is 2.21. The molecule has 0 aliphatic carbocycles. The molecule has 0 saturated carbocycles. The summed E-state index contributed by atoms with van der Waals surface area (Å²) in [7, 11) is 1.38. The second kappa shape index (κ2) is 6.78. The number of hydrogen-bond donors (Lipinski definition) is 1. The number of aromatic nitrogens is 4. The van der Waals surface area contributed by atoms with Crippen molar-refractivity contribution >= 4 is 17.6 Å². The van der Waals surface area contributed by atoms with Crippen molar-refractivity contribution in [1.82, 2.24) is 19.8 Å². The predicted molar refractivity (Wildman–Crippen MR) is 89.7 cm³/mol. The molecule has 25 heavy (non-hydrogen) atoms. The van der Waals surface area contributed by atoms with Crippen molar-refractivity contribution in [2.75, 3.05) is 7.11 Å². The Bertz CT molecular complexity index is 996. The molecule has 0 atom stereocenters. The van der Waals surface area contributed by atoms with Crippen LogP contribution in [0.15, 0.2) is 47.3 Å². The average Bonchev–Trinajstić information content (AvgIpc) is 2.95. The van der Waals surface area contributed by atoms with Crippen LogP contribution in [-0.2, 0) is 6.54 Å². The highest BCUT2D eigenvalue weighted by molar-refractivity contribution is 6.32. The molecule has 0 bridgehead atoms. The summed E-state index contributed by atoms with van der Waals surface area (Å²) in [5, 5.41) is 17.2. The average molecular weight is 361 g/mol. The number of rotatable bonds is 5. The molecule has 2 aromatic carbocycles. The number of hydrogen-bond acceptors (Lipinski definition) is 5. The minimum absolute atomic E-state index is 0.0401. The van der Waals surface area contributed by atoms with Crippen molar-refractivity contribution in [2.24, 2.45) is 0 Å². The van der Waals surface area contributed by atoms with E-state index in [1.54, 1.807) is 36.4 Å². The van der Waals surface area contributed by atoms with E-state index in [1.165, 1.54) is 13.2 Å². The fourth-order valence-corrected chi connectivity index (χ4v) is 2.55. The van der Waals surface area contributed by atoms with Gasteiger partial charge < -0.3 is 9.84 Å². The number of halogens is 1. The highest BCUT2D eigenvalue weighted by Gasteiger charge is 2.14. The summed E-state index contributed by atoms with van der Waals surface area (Å²) < 4.78 is 7.33. The van der Waals surface area contributed by atoms with Gasteiger partial charge in [0.1, 0.15) is 11.3 Å². The van der Waals surface area contributed by atoms with Gasteiger partial charge in [-0.3, -0.25) is 0 Å². The molecule has 0 aliphatic rings. The quantitative estimate of drug-likeness (QED) is 0.745. The van der Waals surface area contributed by atoms with E-state index in [1.807, 2.05) is 0 Å². The SMILES string of the molecule is COc1cc(Cn2nnn(-c3ccccc3Cl)c2=O)ccc1C(=O)O. The van der Waals surface area contributed by atoms with Crippen molar-refractivity contribution in [1.29, 1.82) is 0 Å². The summed E-state index contributed by atoms with van der Waals surface area (Å²) in [6.45, 7) is 0.111. The molecule has 0 saturated heterocycles. The minimum atomic E-state index is -1.09. The molecule has 3 rings (SSSR count). The maximum absolute atomic E-state index is 12.5. The summed E-state index contributed by atoms with van der Waals surface area (Å²) in [4.78, 5) is 23.6. The molecule has 0 unspecified atom stereocenters. The van der Waals surface area contributed by atoms with Crippen LogP contribution in [0.4, 0.5) is 0 Å². The van der Waals surface area contributed by atoms with Gasteiger partial charge in [0.2, 0.25) is 0 Å². The molecule has 0 fully saturated rings. The molecule has 0 spiro atoms. The Morgan fingerprint density at radius 1 is 1.24 bits per heavy atom. The Hall–Kier alpha value is -3.13. The summed E-state index contributed by atoms with van der Waals surface area (Å²) in [6.07, 6.45) is 0. The van der Waals surface area contributed by atoms with Gasteiger partial charge in [0, 0.05) is 0 Å². The third-order valence-electron chi connectivity index (χ3n) is 3.55. The molecule has 1 N–H and O–H groups in total. The van der Waals surface area contributed by atoms with Gasteiger partial charge in [-0.25, -0.2) is 9.59 Å². The zero-order valence-electron chi connectivity index (χ0n) is 13.1. The van der Waals surface area contributed by atoms with E-state index < -0.39 is 11.7 Å². The van der Waals surface area contributed by atoms with Gasteiger partial charge in [-0.05, 0) is 40.3 Å². The number of benzene rings is 2. The Labute approximate surface area is 146 Å². The first-order chi connectivity index (χ1) is 12.0. The normalized spacial score (nSPS) is 10.6. The molecule has 3 aromatic rings. The summed E-state index contributed by atoms with van der Waals surface area (Å²) >= 11 is 6.08. The van der Waals surface area contributed by atoms with Crippen LogP contribution in [0.1, 0.15) is 15.9 Å². The van der Waals surface area contributed by atoms with Gasteiger partial charge in [-0.15, -0.1) is 0 Å². The zero-order chi connectivity index (χ0) is 18.0. The van der Waals surface area contributed by atoms with Crippen LogP contribution in [0.2, 0.25) is 5.02 Å². The third kappa shape index (κ3) is 3.24. The van der Waals surface area contributed by atoms with E-state index in [-0.39, 0.29) is 17.9 Å². The van der Waals surface area contributed by atoms with E-state index >= 15 is 0 Å². The van der Waals surface area contributed by atoms with E-state index in [9.17, 15) is 9.59 Å². The Kier molecular flexibility index (Phi) is 4.53. The van der Waals surface area contributed by atoms with Gasteiger partial charge in [-0.1, -0.05) is 29.8 Å².